The number of rotatable bonds is 15. The third kappa shape index (κ3) is 9.74. The Bertz CT molecular complexity index is 893. The Balaban J connectivity index is 1.83. The molecule has 0 unspecified atom stereocenters. The molecule has 0 atom stereocenters. The van der Waals surface area contributed by atoms with Crippen molar-refractivity contribution in [2.24, 2.45) is 0 Å². The number of aryl methyl sites for hydroxylation is 1. The highest BCUT2D eigenvalue weighted by atomic mass is 32.2. The lowest BCUT2D eigenvalue weighted by atomic mass is 10.0. The van der Waals surface area contributed by atoms with E-state index in [1.54, 1.807) is 24.3 Å². The van der Waals surface area contributed by atoms with Gasteiger partial charge in [0.05, 0.1) is 4.90 Å². The predicted molar refractivity (Wildman–Crippen MR) is 125 cm³/mol. The van der Waals surface area contributed by atoms with Gasteiger partial charge >= 0.3 is 0 Å². The Kier molecular flexibility index (Phi) is 10.9. The van der Waals surface area contributed by atoms with Crippen LogP contribution in [0.5, 0.6) is 17.2 Å². The van der Waals surface area contributed by atoms with Gasteiger partial charge in [0.15, 0.2) is 11.5 Å². The van der Waals surface area contributed by atoms with Crippen molar-refractivity contribution in [3.63, 3.8) is 0 Å². The molecule has 2 aromatic rings. The summed E-state index contributed by atoms with van der Waals surface area (Å²) in [5.74, 6) is 0.469. The Hall–Kier alpha value is -2.05. The minimum Gasteiger partial charge on any atom is -0.504 e. The molecule has 0 aliphatic heterocycles. The van der Waals surface area contributed by atoms with Crippen LogP contribution in [0.15, 0.2) is 47.4 Å². The maximum absolute atomic E-state index is 11.7. The van der Waals surface area contributed by atoms with Gasteiger partial charge in [-0.2, -0.15) is 8.42 Å². The number of ether oxygens (including phenoxy) is 1. The molecule has 0 radical (unpaired) electrons. The second-order valence-electron chi connectivity index (χ2n) is 8.14. The first-order valence-corrected chi connectivity index (χ1v) is 12.9. The van der Waals surface area contributed by atoms with Gasteiger partial charge < -0.3 is 9.84 Å². The van der Waals surface area contributed by atoms with Gasteiger partial charge in [0, 0.05) is 6.07 Å². The van der Waals surface area contributed by atoms with Crippen LogP contribution in [0.25, 0.3) is 0 Å². The normalized spacial score (nSPS) is 11.5. The fourth-order valence-electron chi connectivity index (χ4n) is 3.65. The van der Waals surface area contributed by atoms with Gasteiger partial charge in [-0.1, -0.05) is 83.3 Å². The van der Waals surface area contributed by atoms with Gasteiger partial charge in [-0.25, -0.2) is 0 Å². The molecule has 0 amide bonds. The zero-order valence-electron chi connectivity index (χ0n) is 18.6. The van der Waals surface area contributed by atoms with E-state index in [9.17, 15) is 18.1 Å². The molecule has 0 saturated heterocycles. The summed E-state index contributed by atoms with van der Waals surface area (Å²) in [7, 11) is -4.35. The number of phenolic OH excluding ortho intramolecular Hbond substituents is 1. The standard InChI is InChI=1S/C25H36O5S/c1-2-3-4-5-6-7-8-9-10-11-12-15-21-18-22(20-23(19-21)31(27,28)29)30-25-17-14-13-16-24(25)26/h13-14,16-20,26H,2-12,15H2,1H3,(H,27,28,29). The van der Waals surface area contributed by atoms with Crippen molar-refractivity contribution in [2.45, 2.75) is 88.9 Å². The Morgan fingerprint density at radius 2 is 1.39 bits per heavy atom. The van der Waals surface area contributed by atoms with Crippen molar-refractivity contribution in [3.05, 3.63) is 48.0 Å². The summed E-state index contributed by atoms with van der Waals surface area (Å²) in [5, 5.41) is 9.89. The first-order chi connectivity index (χ1) is 14.9. The minimum absolute atomic E-state index is 0.0355. The number of aromatic hydroxyl groups is 1. The zero-order valence-corrected chi connectivity index (χ0v) is 19.4. The van der Waals surface area contributed by atoms with Crippen molar-refractivity contribution in [1.29, 1.82) is 0 Å². The van der Waals surface area contributed by atoms with E-state index in [1.165, 1.54) is 76.0 Å². The Morgan fingerprint density at radius 3 is 1.97 bits per heavy atom. The molecule has 6 heteroatoms. The quantitative estimate of drug-likeness (QED) is 0.221. The van der Waals surface area contributed by atoms with E-state index in [4.69, 9.17) is 4.74 Å². The average Bonchev–Trinajstić information content (AvgIpc) is 2.73. The van der Waals surface area contributed by atoms with Crippen LogP contribution in [0.2, 0.25) is 0 Å². The molecule has 172 valence electrons. The second-order valence-corrected chi connectivity index (χ2v) is 9.56. The molecule has 0 bridgehead atoms. The van der Waals surface area contributed by atoms with Gasteiger partial charge in [0.25, 0.3) is 10.1 Å². The number of unbranched alkanes of at least 4 members (excludes halogenated alkanes) is 10. The smallest absolute Gasteiger partial charge is 0.294 e. The van der Waals surface area contributed by atoms with Crippen LogP contribution in [0.1, 0.15) is 83.1 Å². The van der Waals surface area contributed by atoms with Gasteiger partial charge in [0.2, 0.25) is 0 Å². The fraction of sp³-hybridized carbons (Fsp3) is 0.520. The summed E-state index contributed by atoms with van der Waals surface area (Å²) in [6.07, 6.45) is 14.4. The van der Waals surface area contributed by atoms with Gasteiger partial charge in [0.1, 0.15) is 5.75 Å². The third-order valence-electron chi connectivity index (χ3n) is 5.40. The van der Waals surface area contributed by atoms with E-state index < -0.39 is 10.1 Å². The lowest BCUT2D eigenvalue weighted by Crippen LogP contribution is -2.00. The largest absolute Gasteiger partial charge is 0.504 e. The minimum atomic E-state index is -4.35. The van der Waals surface area contributed by atoms with Crippen LogP contribution in [-0.2, 0) is 16.5 Å². The molecule has 0 saturated carbocycles. The van der Waals surface area contributed by atoms with E-state index in [0.717, 1.165) is 18.4 Å². The Morgan fingerprint density at radius 1 is 0.806 bits per heavy atom. The molecular formula is C25H36O5S. The van der Waals surface area contributed by atoms with Crippen molar-refractivity contribution < 1.29 is 22.8 Å². The van der Waals surface area contributed by atoms with Crippen LogP contribution in [0.4, 0.5) is 0 Å². The number of benzene rings is 2. The fourth-order valence-corrected chi connectivity index (χ4v) is 4.21. The van der Waals surface area contributed by atoms with Crippen molar-refractivity contribution in [3.8, 4) is 17.2 Å². The zero-order chi connectivity index (χ0) is 22.5. The molecule has 0 heterocycles. The van der Waals surface area contributed by atoms with E-state index in [-0.39, 0.29) is 22.1 Å². The molecule has 2 N–H and O–H groups in total. The van der Waals surface area contributed by atoms with Gasteiger partial charge in [-0.15, -0.1) is 0 Å². The first kappa shape index (κ1) is 25.2. The predicted octanol–water partition coefficient (Wildman–Crippen LogP) is 7.28. The summed E-state index contributed by atoms with van der Waals surface area (Å²) in [5.41, 5.74) is 0.788. The third-order valence-corrected chi connectivity index (χ3v) is 6.23. The lowest BCUT2D eigenvalue weighted by molar-refractivity contribution is 0.410. The molecule has 0 aliphatic rings. The number of hydrogen-bond donors (Lipinski definition) is 2. The van der Waals surface area contributed by atoms with E-state index in [1.807, 2.05) is 0 Å². The van der Waals surface area contributed by atoms with Crippen molar-refractivity contribution in [2.75, 3.05) is 0 Å². The molecule has 0 spiro atoms. The SMILES string of the molecule is CCCCCCCCCCCCCc1cc(Oc2ccccc2O)cc(S(=O)(=O)O)c1. The molecule has 0 fully saturated rings. The molecule has 0 aromatic heterocycles. The van der Waals surface area contributed by atoms with Crippen LogP contribution in [0, 0.1) is 0 Å². The van der Waals surface area contributed by atoms with Crippen LogP contribution in [0.3, 0.4) is 0 Å². The van der Waals surface area contributed by atoms with Gasteiger partial charge in [-0.3, -0.25) is 4.55 Å². The van der Waals surface area contributed by atoms with E-state index in [0.29, 0.717) is 6.42 Å². The number of para-hydroxylation sites is 2. The van der Waals surface area contributed by atoms with Crippen molar-refractivity contribution >= 4 is 10.1 Å². The van der Waals surface area contributed by atoms with Crippen LogP contribution < -0.4 is 4.74 Å². The van der Waals surface area contributed by atoms with E-state index in [2.05, 4.69) is 6.92 Å². The summed E-state index contributed by atoms with van der Waals surface area (Å²) in [6, 6.07) is 11.0. The first-order valence-electron chi connectivity index (χ1n) is 11.5. The highest BCUT2D eigenvalue weighted by Crippen LogP contribution is 2.32. The highest BCUT2D eigenvalue weighted by molar-refractivity contribution is 7.85. The Labute approximate surface area is 187 Å². The molecular weight excluding hydrogens is 412 g/mol. The molecule has 2 aromatic carbocycles. The average molecular weight is 449 g/mol. The molecule has 5 nitrogen and oxygen atoms in total. The highest BCUT2D eigenvalue weighted by Gasteiger charge is 2.14. The maximum Gasteiger partial charge on any atom is 0.294 e. The van der Waals surface area contributed by atoms with E-state index >= 15 is 0 Å². The number of phenols is 1. The second kappa shape index (κ2) is 13.4. The summed E-state index contributed by atoms with van der Waals surface area (Å²) in [4.78, 5) is -0.196. The topological polar surface area (TPSA) is 83.8 Å². The maximum atomic E-state index is 11.7. The molecule has 0 aliphatic carbocycles. The van der Waals surface area contributed by atoms with Crippen LogP contribution in [-0.4, -0.2) is 18.1 Å². The summed E-state index contributed by atoms with van der Waals surface area (Å²) >= 11 is 0. The van der Waals surface area contributed by atoms with Gasteiger partial charge in [-0.05, 0) is 42.7 Å². The monoisotopic (exact) mass is 448 g/mol. The number of hydrogen-bond acceptors (Lipinski definition) is 4. The molecule has 2 rings (SSSR count). The summed E-state index contributed by atoms with van der Waals surface area (Å²) < 4.78 is 38.5. The summed E-state index contributed by atoms with van der Waals surface area (Å²) in [6.45, 7) is 2.24. The van der Waals surface area contributed by atoms with Crippen LogP contribution >= 0.6 is 0 Å². The van der Waals surface area contributed by atoms with Crippen molar-refractivity contribution in [1.82, 2.24) is 0 Å². The molecule has 31 heavy (non-hydrogen) atoms. The lowest BCUT2D eigenvalue weighted by Gasteiger charge is -2.11.